The van der Waals surface area contributed by atoms with E-state index in [1.807, 2.05) is 0 Å². The molecular formula is C17H30N2. The Morgan fingerprint density at radius 2 is 1.74 bits per heavy atom. The molecular weight excluding hydrogens is 232 g/mol. The zero-order valence-corrected chi connectivity index (χ0v) is 13.2. The van der Waals surface area contributed by atoms with Crippen LogP contribution in [0.4, 0.5) is 0 Å². The van der Waals surface area contributed by atoms with Crippen LogP contribution in [0.1, 0.15) is 45.7 Å². The van der Waals surface area contributed by atoms with Gasteiger partial charge in [0.15, 0.2) is 0 Å². The SMILES string of the molecule is CCC(C)N(C)CCNC(c1ccccc1)C(C)C. The van der Waals surface area contributed by atoms with Crippen LogP contribution in [0.3, 0.4) is 0 Å². The molecule has 1 N–H and O–H groups in total. The van der Waals surface area contributed by atoms with Crippen molar-refractivity contribution in [1.29, 1.82) is 0 Å². The van der Waals surface area contributed by atoms with E-state index in [1.165, 1.54) is 12.0 Å². The van der Waals surface area contributed by atoms with Crippen molar-refractivity contribution < 1.29 is 0 Å². The Kier molecular flexibility index (Phi) is 7.11. The standard InChI is InChI=1S/C17H30N2/c1-6-15(4)19(5)13-12-18-17(14(2)3)16-10-8-7-9-11-16/h7-11,14-15,17-18H,6,12-13H2,1-5H3. The topological polar surface area (TPSA) is 15.3 Å². The van der Waals surface area contributed by atoms with E-state index in [0.29, 0.717) is 18.0 Å². The van der Waals surface area contributed by atoms with Crippen molar-refractivity contribution in [2.75, 3.05) is 20.1 Å². The number of benzene rings is 1. The molecule has 0 spiro atoms. The summed E-state index contributed by atoms with van der Waals surface area (Å²) < 4.78 is 0. The Labute approximate surface area is 119 Å². The lowest BCUT2D eigenvalue weighted by atomic mass is 9.96. The molecule has 0 aliphatic heterocycles. The van der Waals surface area contributed by atoms with Crippen molar-refractivity contribution in [3.8, 4) is 0 Å². The second kappa shape index (κ2) is 8.34. The largest absolute Gasteiger partial charge is 0.308 e. The van der Waals surface area contributed by atoms with Gasteiger partial charge in [-0.05, 0) is 31.9 Å². The third kappa shape index (κ3) is 5.33. The smallest absolute Gasteiger partial charge is 0.0343 e. The van der Waals surface area contributed by atoms with E-state index in [0.717, 1.165) is 13.1 Å². The third-order valence-corrected chi connectivity index (χ3v) is 4.00. The van der Waals surface area contributed by atoms with Crippen molar-refractivity contribution in [2.24, 2.45) is 5.92 Å². The Morgan fingerprint density at radius 1 is 1.11 bits per heavy atom. The summed E-state index contributed by atoms with van der Waals surface area (Å²) in [6, 6.07) is 11.9. The monoisotopic (exact) mass is 262 g/mol. The molecule has 19 heavy (non-hydrogen) atoms. The molecule has 0 saturated carbocycles. The maximum atomic E-state index is 3.70. The van der Waals surface area contributed by atoms with Crippen LogP contribution in [0, 0.1) is 5.92 Å². The fourth-order valence-electron chi connectivity index (χ4n) is 2.33. The number of nitrogens with zero attached hydrogens (tertiary/aromatic N) is 1. The van der Waals surface area contributed by atoms with Gasteiger partial charge in [-0.2, -0.15) is 0 Å². The van der Waals surface area contributed by atoms with Gasteiger partial charge in [-0.25, -0.2) is 0 Å². The molecule has 0 fully saturated rings. The second-order valence-electron chi connectivity index (χ2n) is 5.82. The predicted molar refractivity (Wildman–Crippen MR) is 84.4 cm³/mol. The van der Waals surface area contributed by atoms with Crippen LogP contribution in [0.25, 0.3) is 0 Å². The van der Waals surface area contributed by atoms with Gasteiger partial charge >= 0.3 is 0 Å². The molecule has 108 valence electrons. The summed E-state index contributed by atoms with van der Waals surface area (Å²) in [7, 11) is 2.21. The molecule has 0 amide bonds. The summed E-state index contributed by atoms with van der Waals surface area (Å²) in [4.78, 5) is 2.43. The molecule has 0 aliphatic rings. The molecule has 2 heteroatoms. The van der Waals surface area contributed by atoms with E-state index in [4.69, 9.17) is 0 Å². The molecule has 1 aromatic carbocycles. The van der Waals surface area contributed by atoms with Crippen molar-refractivity contribution in [3.05, 3.63) is 35.9 Å². The first-order valence-electron chi connectivity index (χ1n) is 7.54. The first kappa shape index (κ1) is 16.2. The molecule has 0 aromatic heterocycles. The summed E-state index contributed by atoms with van der Waals surface area (Å²) in [5.74, 6) is 0.608. The Bertz CT molecular complexity index is 334. The van der Waals surface area contributed by atoms with E-state index in [9.17, 15) is 0 Å². The van der Waals surface area contributed by atoms with Crippen molar-refractivity contribution in [3.63, 3.8) is 0 Å². The van der Waals surface area contributed by atoms with Gasteiger partial charge in [-0.15, -0.1) is 0 Å². The van der Waals surface area contributed by atoms with Gasteiger partial charge in [-0.1, -0.05) is 51.1 Å². The van der Waals surface area contributed by atoms with Crippen LogP contribution >= 0.6 is 0 Å². The number of hydrogen-bond donors (Lipinski definition) is 1. The quantitative estimate of drug-likeness (QED) is 0.768. The lowest BCUT2D eigenvalue weighted by Gasteiger charge is -2.27. The van der Waals surface area contributed by atoms with Gasteiger partial charge in [0.25, 0.3) is 0 Å². The predicted octanol–water partition coefficient (Wildman–Crippen LogP) is 3.70. The summed E-state index contributed by atoms with van der Waals surface area (Å²) in [5, 5.41) is 3.70. The minimum atomic E-state index is 0.450. The molecule has 0 saturated heterocycles. The molecule has 2 unspecified atom stereocenters. The van der Waals surface area contributed by atoms with Crippen molar-refractivity contribution >= 4 is 0 Å². The lowest BCUT2D eigenvalue weighted by molar-refractivity contribution is 0.244. The van der Waals surface area contributed by atoms with Gasteiger partial charge in [0.2, 0.25) is 0 Å². The molecule has 1 rings (SSSR count). The molecule has 1 aromatic rings. The van der Waals surface area contributed by atoms with E-state index in [2.05, 4.69) is 75.3 Å². The lowest BCUT2D eigenvalue weighted by Crippen LogP contribution is -2.37. The summed E-state index contributed by atoms with van der Waals surface area (Å²) in [6.45, 7) is 11.2. The van der Waals surface area contributed by atoms with Gasteiger partial charge in [0.05, 0.1) is 0 Å². The average molecular weight is 262 g/mol. The van der Waals surface area contributed by atoms with E-state index in [-0.39, 0.29) is 0 Å². The van der Waals surface area contributed by atoms with Gasteiger partial charge in [-0.3, -0.25) is 0 Å². The fraction of sp³-hybridized carbons (Fsp3) is 0.647. The van der Waals surface area contributed by atoms with E-state index >= 15 is 0 Å². The minimum absolute atomic E-state index is 0.450. The third-order valence-electron chi connectivity index (χ3n) is 4.00. The second-order valence-corrected chi connectivity index (χ2v) is 5.82. The van der Waals surface area contributed by atoms with Crippen LogP contribution < -0.4 is 5.32 Å². The van der Waals surface area contributed by atoms with Crippen LogP contribution in [-0.4, -0.2) is 31.1 Å². The summed E-state index contributed by atoms with van der Waals surface area (Å²) in [6.07, 6.45) is 1.21. The first-order valence-corrected chi connectivity index (χ1v) is 7.54. The Morgan fingerprint density at radius 3 is 2.26 bits per heavy atom. The van der Waals surface area contributed by atoms with Gasteiger partial charge in [0, 0.05) is 25.2 Å². The number of rotatable bonds is 8. The zero-order valence-electron chi connectivity index (χ0n) is 13.2. The normalized spacial score (nSPS) is 14.9. The molecule has 0 aliphatic carbocycles. The molecule has 0 heterocycles. The molecule has 0 radical (unpaired) electrons. The maximum Gasteiger partial charge on any atom is 0.0343 e. The van der Waals surface area contributed by atoms with Gasteiger partial charge < -0.3 is 10.2 Å². The highest BCUT2D eigenvalue weighted by Crippen LogP contribution is 2.20. The molecule has 2 atom stereocenters. The Hall–Kier alpha value is -0.860. The van der Waals surface area contributed by atoms with Crippen LogP contribution in [0.5, 0.6) is 0 Å². The fourth-order valence-corrected chi connectivity index (χ4v) is 2.33. The molecule has 0 bridgehead atoms. The van der Waals surface area contributed by atoms with E-state index in [1.54, 1.807) is 0 Å². The number of nitrogens with one attached hydrogen (secondary N) is 1. The highest BCUT2D eigenvalue weighted by molar-refractivity contribution is 5.19. The number of hydrogen-bond acceptors (Lipinski definition) is 2. The maximum absolute atomic E-state index is 3.70. The van der Waals surface area contributed by atoms with Crippen LogP contribution in [0.15, 0.2) is 30.3 Å². The average Bonchev–Trinajstić information content (AvgIpc) is 2.42. The summed E-state index contributed by atoms with van der Waals surface area (Å²) in [5.41, 5.74) is 1.39. The van der Waals surface area contributed by atoms with Gasteiger partial charge in [0.1, 0.15) is 0 Å². The van der Waals surface area contributed by atoms with Crippen LogP contribution in [0.2, 0.25) is 0 Å². The summed E-state index contributed by atoms with van der Waals surface area (Å²) >= 11 is 0. The van der Waals surface area contributed by atoms with E-state index < -0.39 is 0 Å². The highest BCUT2D eigenvalue weighted by atomic mass is 15.1. The molecule has 2 nitrogen and oxygen atoms in total. The van der Waals surface area contributed by atoms with Crippen LogP contribution in [-0.2, 0) is 0 Å². The first-order chi connectivity index (χ1) is 9.06. The van der Waals surface area contributed by atoms with Crippen molar-refractivity contribution in [2.45, 2.75) is 46.2 Å². The zero-order chi connectivity index (χ0) is 14.3. The minimum Gasteiger partial charge on any atom is -0.308 e. The highest BCUT2D eigenvalue weighted by Gasteiger charge is 2.15. The van der Waals surface area contributed by atoms with Crippen molar-refractivity contribution in [1.82, 2.24) is 10.2 Å². The Balaban J connectivity index is 2.48. The number of likely N-dealkylation sites (N-methyl/N-ethyl adjacent to an activating group) is 1.